The first kappa shape index (κ1) is 20.3. The van der Waals surface area contributed by atoms with Crippen molar-refractivity contribution in [2.24, 2.45) is 0 Å². The molecule has 0 radical (unpaired) electrons. The lowest BCUT2D eigenvalue weighted by Gasteiger charge is -2.21. The molecule has 2 fully saturated rings. The molecule has 0 N–H and O–H groups in total. The number of aryl methyl sites for hydroxylation is 1. The van der Waals surface area contributed by atoms with Gasteiger partial charge in [0.25, 0.3) is 11.8 Å². The van der Waals surface area contributed by atoms with Crippen molar-refractivity contribution in [2.45, 2.75) is 19.4 Å². The first-order valence-electron chi connectivity index (χ1n) is 9.38. The van der Waals surface area contributed by atoms with Gasteiger partial charge in [-0.15, -0.1) is 0 Å². The Kier molecular flexibility index (Phi) is 5.65. The number of hydrogen-bond donors (Lipinski definition) is 0. The highest BCUT2D eigenvalue weighted by Crippen LogP contribution is 2.36. The molecule has 2 heterocycles. The van der Waals surface area contributed by atoms with E-state index in [1.54, 1.807) is 24.3 Å². The molecule has 150 valence electrons. The SMILES string of the molecule is Cc1ccc(N2C(=O)C[C@H](N3C(=O)/C(=C\C=C\c4ccccc4)SC3=S)C2=O)cc1. The Balaban J connectivity index is 1.53. The Hall–Kier alpha value is -3.03. The van der Waals surface area contributed by atoms with Crippen molar-refractivity contribution in [2.75, 3.05) is 4.90 Å². The van der Waals surface area contributed by atoms with Gasteiger partial charge in [0.05, 0.1) is 17.0 Å². The van der Waals surface area contributed by atoms with Crippen LogP contribution in [0.2, 0.25) is 0 Å². The van der Waals surface area contributed by atoms with Crippen molar-refractivity contribution in [1.82, 2.24) is 4.90 Å². The summed E-state index contributed by atoms with van der Waals surface area (Å²) in [5.74, 6) is -1.11. The fourth-order valence-corrected chi connectivity index (χ4v) is 4.66. The summed E-state index contributed by atoms with van der Waals surface area (Å²) in [6, 6.07) is 15.9. The molecule has 0 aromatic heterocycles. The summed E-state index contributed by atoms with van der Waals surface area (Å²) in [7, 11) is 0. The number of thiocarbonyl (C=S) groups is 1. The molecule has 2 saturated heterocycles. The Morgan fingerprint density at radius 3 is 2.43 bits per heavy atom. The molecule has 7 heteroatoms. The maximum absolute atomic E-state index is 13.0. The van der Waals surface area contributed by atoms with Crippen LogP contribution in [-0.2, 0) is 14.4 Å². The van der Waals surface area contributed by atoms with E-state index in [0.29, 0.717) is 10.6 Å². The number of rotatable bonds is 4. The van der Waals surface area contributed by atoms with Crippen LogP contribution >= 0.6 is 24.0 Å². The number of amides is 3. The number of carbonyl (C=O) groups is 3. The second kappa shape index (κ2) is 8.38. The summed E-state index contributed by atoms with van der Waals surface area (Å²) < 4.78 is 0.288. The number of hydrogen-bond acceptors (Lipinski definition) is 5. The third-order valence-corrected chi connectivity index (χ3v) is 6.23. The second-order valence-electron chi connectivity index (χ2n) is 6.97. The van der Waals surface area contributed by atoms with Gasteiger partial charge in [-0.1, -0.05) is 84.2 Å². The molecule has 2 aliphatic heterocycles. The molecule has 2 aromatic carbocycles. The number of imide groups is 1. The maximum atomic E-state index is 13.0. The maximum Gasteiger partial charge on any atom is 0.266 e. The third kappa shape index (κ3) is 3.86. The summed E-state index contributed by atoms with van der Waals surface area (Å²) in [5.41, 5.74) is 2.54. The lowest BCUT2D eigenvalue weighted by molar-refractivity contribution is -0.130. The molecule has 0 spiro atoms. The average molecular weight is 435 g/mol. The molecule has 0 aliphatic carbocycles. The van der Waals surface area contributed by atoms with E-state index in [0.717, 1.165) is 27.8 Å². The standard InChI is InChI=1S/C23H18N2O3S2/c1-15-10-12-17(13-11-15)24-20(26)14-18(21(24)27)25-22(28)19(30-23(25)29)9-5-8-16-6-3-2-4-7-16/h2-13,18H,14H2,1H3/b8-5+,19-9+/t18-/m0/s1. The highest BCUT2D eigenvalue weighted by Gasteiger charge is 2.48. The van der Waals surface area contributed by atoms with Gasteiger partial charge >= 0.3 is 0 Å². The number of carbonyl (C=O) groups excluding carboxylic acids is 3. The van der Waals surface area contributed by atoms with E-state index < -0.39 is 11.9 Å². The summed E-state index contributed by atoms with van der Waals surface area (Å²) in [5, 5.41) is 0. The van der Waals surface area contributed by atoms with Crippen LogP contribution < -0.4 is 4.90 Å². The largest absolute Gasteiger partial charge is 0.280 e. The van der Waals surface area contributed by atoms with Crippen molar-refractivity contribution < 1.29 is 14.4 Å². The molecular formula is C23H18N2O3S2. The molecule has 30 heavy (non-hydrogen) atoms. The summed E-state index contributed by atoms with van der Waals surface area (Å²) in [6.07, 6.45) is 5.27. The van der Waals surface area contributed by atoms with Crippen LogP contribution in [0.25, 0.3) is 6.08 Å². The number of nitrogens with zero attached hydrogens (tertiary/aromatic N) is 2. The minimum Gasteiger partial charge on any atom is -0.280 e. The zero-order chi connectivity index (χ0) is 21.3. The van der Waals surface area contributed by atoms with Crippen LogP contribution in [0.4, 0.5) is 5.69 Å². The van der Waals surface area contributed by atoms with E-state index >= 15 is 0 Å². The van der Waals surface area contributed by atoms with E-state index in [2.05, 4.69) is 0 Å². The molecule has 1 atom stereocenters. The van der Waals surface area contributed by atoms with Crippen LogP contribution in [0.1, 0.15) is 17.5 Å². The Labute approximate surface area is 184 Å². The molecule has 0 saturated carbocycles. The Bertz CT molecular complexity index is 1090. The first-order valence-corrected chi connectivity index (χ1v) is 10.6. The molecule has 4 rings (SSSR count). The Morgan fingerprint density at radius 1 is 1.03 bits per heavy atom. The van der Waals surface area contributed by atoms with E-state index in [4.69, 9.17) is 12.2 Å². The van der Waals surface area contributed by atoms with E-state index in [1.807, 2.05) is 55.5 Å². The average Bonchev–Trinajstić information content (AvgIpc) is 3.18. The topological polar surface area (TPSA) is 57.7 Å². The van der Waals surface area contributed by atoms with Gasteiger partial charge in [0.1, 0.15) is 10.4 Å². The van der Waals surface area contributed by atoms with Crippen molar-refractivity contribution in [3.05, 3.63) is 82.8 Å². The zero-order valence-corrected chi connectivity index (χ0v) is 17.8. The number of benzene rings is 2. The van der Waals surface area contributed by atoms with Gasteiger partial charge in [-0.3, -0.25) is 19.3 Å². The highest BCUT2D eigenvalue weighted by molar-refractivity contribution is 8.26. The van der Waals surface area contributed by atoms with Gasteiger partial charge in [-0.05, 0) is 30.7 Å². The lowest BCUT2D eigenvalue weighted by atomic mass is 10.2. The van der Waals surface area contributed by atoms with Gasteiger partial charge in [0.2, 0.25) is 5.91 Å². The smallest absolute Gasteiger partial charge is 0.266 e. The second-order valence-corrected chi connectivity index (χ2v) is 8.64. The number of allylic oxidation sites excluding steroid dienone is 2. The molecule has 0 bridgehead atoms. The van der Waals surface area contributed by atoms with Crippen LogP contribution in [0.15, 0.2) is 71.7 Å². The third-order valence-electron chi connectivity index (χ3n) is 4.89. The Morgan fingerprint density at radius 2 is 1.73 bits per heavy atom. The quantitative estimate of drug-likeness (QED) is 0.412. The van der Waals surface area contributed by atoms with Crippen molar-refractivity contribution >= 4 is 57.8 Å². The van der Waals surface area contributed by atoms with Gasteiger partial charge in [0, 0.05) is 0 Å². The first-order chi connectivity index (χ1) is 14.5. The van der Waals surface area contributed by atoms with Gasteiger partial charge in [-0.25, -0.2) is 4.90 Å². The predicted molar refractivity (Wildman–Crippen MR) is 123 cm³/mol. The van der Waals surface area contributed by atoms with Gasteiger partial charge < -0.3 is 0 Å². The molecule has 5 nitrogen and oxygen atoms in total. The number of anilines is 1. The normalized spacial score (nSPS) is 21.0. The van der Waals surface area contributed by atoms with E-state index in [-0.39, 0.29) is 22.6 Å². The van der Waals surface area contributed by atoms with Gasteiger partial charge in [-0.2, -0.15) is 0 Å². The van der Waals surface area contributed by atoms with Crippen LogP contribution in [-0.4, -0.2) is 33.0 Å². The summed E-state index contributed by atoms with van der Waals surface area (Å²) in [6.45, 7) is 1.93. The zero-order valence-electron chi connectivity index (χ0n) is 16.1. The minimum atomic E-state index is -0.907. The van der Waals surface area contributed by atoms with Crippen molar-refractivity contribution in [3.63, 3.8) is 0 Å². The van der Waals surface area contributed by atoms with E-state index in [1.165, 1.54) is 4.90 Å². The minimum absolute atomic E-state index is 0.0771. The fraction of sp³-hybridized carbons (Fsp3) is 0.130. The van der Waals surface area contributed by atoms with Gasteiger partial charge in [0.15, 0.2) is 0 Å². The molecule has 0 unspecified atom stereocenters. The number of thioether (sulfide) groups is 1. The van der Waals surface area contributed by atoms with E-state index in [9.17, 15) is 14.4 Å². The monoisotopic (exact) mass is 434 g/mol. The summed E-state index contributed by atoms with van der Waals surface area (Å²) >= 11 is 6.50. The molecule has 3 amide bonds. The van der Waals surface area contributed by atoms with Crippen LogP contribution in [0, 0.1) is 6.92 Å². The van der Waals surface area contributed by atoms with Crippen molar-refractivity contribution in [1.29, 1.82) is 0 Å². The van der Waals surface area contributed by atoms with Crippen molar-refractivity contribution in [3.8, 4) is 0 Å². The lowest BCUT2D eigenvalue weighted by Crippen LogP contribution is -2.44. The van der Waals surface area contributed by atoms with Crippen LogP contribution in [0.3, 0.4) is 0 Å². The highest BCUT2D eigenvalue weighted by atomic mass is 32.2. The fourth-order valence-electron chi connectivity index (χ4n) is 3.36. The molecular weight excluding hydrogens is 416 g/mol. The molecule has 2 aromatic rings. The van der Waals surface area contributed by atoms with Crippen LogP contribution in [0.5, 0.6) is 0 Å². The molecule has 2 aliphatic rings. The predicted octanol–water partition coefficient (Wildman–Crippen LogP) is 4.08. The summed E-state index contributed by atoms with van der Waals surface area (Å²) in [4.78, 5) is 41.3.